The van der Waals surface area contributed by atoms with E-state index in [1.54, 1.807) is 40.3 Å². The normalized spacial score (nSPS) is 10.8. The van der Waals surface area contributed by atoms with Gasteiger partial charge in [-0.05, 0) is 50.6 Å². The largest absolute Gasteiger partial charge is 0.453 e. The molecule has 0 saturated heterocycles. The van der Waals surface area contributed by atoms with Gasteiger partial charge >= 0.3 is 0 Å². The highest BCUT2D eigenvalue weighted by atomic mass is 127. The maximum absolute atomic E-state index is 14.4. The third-order valence-corrected chi connectivity index (χ3v) is 4.45. The Morgan fingerprint density at radius 2 is 1.97 bits per heavy atom. The van der Waals surface area contributed by atoms with Crippen LogP contribution >= 0.6 is 24.0 Å². The molecule has 170 valence electrons. The number of hydrogen-bond donors (Lipinski definition) is 1. The zero-order valence-electron chi connectivity index (χ0n) is 18.5. The summed E-state index contributed by atoms with van der Waals surface area (Å²) < 4.78 is 20.0. The Balaban J connectivity index is 0.00000480. The van der Waals surface area contributed by atoms with Crippen LogP contribution in [0.1, 0.15) is 26.3 Å². The second-order valence-corrected chi connectivity index (χ2v) is 6.65. The van der Waals surface area contributed by atoms with Crippen LogP contribution in [-0.2, 0) is 11.3 Å². The topological polar surface area (TPSA) is 70.1 Å². The van der Waals surface area contributed by atoms with E-state index in [0.717, 1.165) is 0 Å². The van der Waals surface area contributed by atoms with Crippen LogP contribution in [0.25, 0.3) is 0 Å². The van der Waals surface area contributed by atoms with E-state index < -0.39 is 5.82 Å². The fraction of sp³-hybridized carbons (Fsp3) is 0.409. The molecular weight excluding hydrogens is 512 g/mol. The number of guanidine groups is 1. The van der Waals surface area contributed by atoms with Gasteiger partial charge in [0.1, 0.15) is 5.75 Å². The molecule has 7 nitrogen and oxygen atoms in total. The van der Waals surface area contributed by atoms with Gasteiger partial charge in [-0.15, -0.1) is 24.0 Å². The van der Waals surface area contributed by atoms with Gasteiger partial charge < -0.3 is 19.9 Å². The molecule has 0 unspecified atom stereocenters. The molecule has 1 amide bonds. The first-order valence-electron chi connectivity index (χ1n) is 10.1. The number of halogens is 2. The molecule has 0 aliphatic carbocycles. The minimum absolute atomic E-state index is 0. The second kappa shape index (κ2) is 13.8. The summed E-state index contributed by atoms with van der Waals surface area (Å²) in [4.78, 5) is 24.4. The summed E-state index contributed by atoms with van der Waals surface area (Å²) in [6.45, 7) is 8.37. The summed E-state index contributed by atoms with van der Waals surface area (Å²) in [6.07, 6.45) is 3.15. The van der Waals surface area contributed by atoms with Crippen LogP contribution in [0.15, 0.2) is 47.7 Å². The summed E-state index contributed by atoms with van der Waals surface area (Å²) in [7, 11) is 1.81. The molecule has 0 atom stereocenters. The van der Waals surface area contributed by atoms with Gasteiger partial charge in [0.05, 0.1) is 19.3 Å². The molecule has 9 heteroatoms. The molecule has 0 fully saturated rings. The zero-order valence-corrected chi connectivity index (χ0v) is 20.8. The predicted octanol–water partition coefficient (Wildman–Crippen LogP) is 3.90. The summed E-state index contributed by atoms with van der Waals surface area (Å²) >= 11 is 0. The average Bonchev–Trinajstić information content (AvgIpc) is 2.74. The lowest BCUT2D eigenvalue weighted by atomic mass is 10.2. The smallest absolute Gasteiger partial charge is 0.242 e. The number of nitrogens with one attached hydrogen (secondary N) is 1. The molecule has 2 aromatic rings. The highest BCUT2D eigenvalue weighted by Gasteiger charge is 2.15. The fourth-order valence-electron chi connectivity index (χ4n) is 2.85. The number of aliphatic imine (C=N–C) groups is 1. The van der Waals surface area contributed by atoms with Crippen LogP contribution in [0.5, 0.6) is 11.5 Å². The first-order chi connectivity index (χ1) is 14.5. The number of carbonyl (C=O) groups is 1. The Bertz CT molecular complexity index is 847. The highest BCUT2D eigenvalue weighted by Crippen LogP contribution is 2.24. The minimum Gasteiger partial charge on any atom is -0.453 e. The van der Waals surface area contributed by atoms with E-state index in [9.17, 15) is 9.18 Å². The van der Waals surface area contributed by atoms with Crippen LogP contribution in [-0.4, -0.2) is 59.9 Å². The molecule has 0 bridgehead atoms. The molecule has 0 radical (unpaired) electrons. The Kier molecular flexibility index (Phi) is 11.8. The van der Waals surface area contributed by atoms with Gasteiger partial charge in [-0.3, -0.25) is 9.78 Å². The maximum Gasteiger partial charge on any atom is 0.242 e. The average molecular weight is 543 g/mol. The molecule has 1 aromatic carbocycles. The van der Waals surface area contributed by atoms with Crippen molar-refractivity contribution in [3.63, 3.8) is 0 Å². The van der Waals surface area contributed by atoms with Crippen molar-refractivity contribution in [2.75, 3.05) is 33.2 Å². The number of likely N-dealkylation sites (N-methyl/N-ethyl adjacent to an activating group) is 2. The first kappa shape index (κ1) is 26.6. The Hall–Kier alpha value is -2.43. The van der Waals surface area contributed by atoms with Crippen LogP contribution in [0.2, 0.25) is 0 Å². The number of nitrogens with zero attached hydrogens (tertiary/aromatic N) is 4. The van der Waals surface area contributed by atoms with Crippen molar-refractivity contribution >= 4 is 35.8 Å². The van der Waals surface area contributed by atoms with Gasteiger partial charge in [-0.2, -0.15) is 0 Å². The van der Waals surface area contributed by atoms with E-state index in [1.807, 2.05) is 27.8 Å². The van der Waals surface area contributed by atoms with Crippen molar-refractivity contribution in [3.8, 4) is 11.5 Å². The van der Waals surface area contributed by atoms with Crippen molar-refractivity contribution < 1.29 is 13.9 Å². The van der Waals surface area contributed by atoms with Crippen LogP contribution in [0.3, 0.4) is 0 Å². The van der Waals surface area contributed by atoms with Gasteiger partial charge in [0, 0.05) is 32.9 Å². The van der Waals surface area contributed by atoms with Gasteiger partial charge in [-0.1, -0.05) is 6.07 Å². The third kappa shape index (κ3) is 8.31. The summed E-state index contributed by atoms with van der Waals surface area (Å²) in [5.74, 6) is 0.757. The molecule has 31 heavy (non-hydrogen) atoms. The lowest BCUT2D eigenvalue weighted by molar-refractivity contribution is -0.131. The van der Waals surface area contributed by atoms with Crippen LogP contribution < -0.4 is 10.1 Å². The lowest BCUT2D eigenvalue weighted by Gasteiger charge is -2.25. The molecule has 1 heterocycles. The highest BCUT2D eigenvalue weighted by molar-refractivity contribution is 14.0. The monoisotopic (exact) mass is 543 g/mol. The predicted molar refractivity (Wildman–Crippen MR) is 131 cm³/mol. The minimum atomic E-state index is -0.471. The Morgan fingerprint density at radius 3 is 2.55 bits per heavy atom. The summed E-state index contributed by atoms with van der Waals surface area (Å²) in [6, 6.07) is 8.18. The number of hydrogen-bond acceptors (Lipinski definition) is 4. The maximum atomic E-state index is 14.4. The van der Waals surface area contributed by atoms with Crippen molar-refractivity contribution in [1.29, 1.82) is 0 Å². The number of pyridine rings is 1. The molecule has 0 saturated carbocycles. The van der Waals surface area contributed by atoms with Crippen molar-refractivity contribution in [1.82, 2.24) is 20.1 Å². The zero-order chi connectivity index (χ0) is 21.9. The van der Waals surface area contributed by atoms with E-state index in [-0.39, 0.29) is 48.7 Å². The third-order valence-electron chi connectivity index (χ3n) is 4.45. The van der Waals surface area contributed by atoms with Crippen LogP contribution in [0.4, 0.5) is 4.39 Å². The molecule has 0 aliphatic heterocycles. The van der Waals surface area contributed by atoms with Crippen molar-refractivity contribution in [2.24, 2.45) is 4.99 Å². The Labute approximate surface area is 200 Å². The van der Waals surface area contributed by atoms with Crippen LogP contribution in [0, 0.1) is 5.82 Å². The van der Waals surface area contributed by atoms with E-state index in [0.29, 0.717) is 36.9 Å². The van der Waals surface area contributed by atoms with Gasteiger partial charge in [-0.25, -0.2) is 9.38 Å². The molecule has 1 N–H and O–H groups in total. The molecule has 2 rings (SSSR count). The van der Waals surface area contributed by atoms with E-state index in [2.05, 4.69) is 15.3 Å². The number of aromatic nitrogens is 1. The van der Waals surface area contributed by atoms with E-state index >= 15 is 0 Å². The number of rotatable bonds is 9. The first-order valence-corrected chi connectivity index (χ1v) is 10.1. The number of amides is 1. The quantitative estimate of drug-likeness (QED) is 0.295. The van der Waals surface area contributed by atoms with Crippen molar-refractivity contribution in [3.05, 3.63) is 54.1 Å². The van der Waals surface area contributed by atoms with Gasteiger partial charge in [0.25, 0.3) is 0 Å². The fourth-order valence-corrected chi connectivity index (χ4v) is 2.85. The van der Waals surface area contributed by atoms with Crippen molar-refractivity contribution in [2.45, 2.75) is 27.3 Å². The molecule has 1 aromatic heterocycles. The summed E-state index contributed by atoms with van der Waals surface area (Å²) in [5, 5.41) is 3.17. The number of benzene rings is 1. The van der Waals surface area contributed by atoms with E-state index in [4.69, 9.17) is 4.74 Å². The SMILES string of the molecule is CCNC(=NCc1ccc(Oc2cccnc2)c(F)c1)N(C)CC(=O)N(CC)CC.I. The van der Waals surface area contributed by atoms with Gasteiger partial charge in [0.15, 0.2) is 17.5 Å². The molecular formula is C22H31FIN5O2. The second-order valence-electron chi connectivity index (χ2n) is 6.65. The number of carbonyl (C=O) groups excluding carboxylic acids is 1. The van der Waals surface area contributed by atoms with E-state index in [1.165, 1.54) is 12.3 Å². The van der Waals surface area contributed by atoms with Gasteiger partial charge in [0.2, 0.25) is 5.91 Å². The standard InChI is InChI=1S/C22H30FN5O2.HI/c1-5-25-22(27(4)16-21(29)28(6-2)7-3)26-14-17-10-11-20(19(23)13-17)30-18-9-8-12-24-15-18;/h8-13,15H,5-7,14,16H2,1-4H3,(H,25,26);1H. The lowest BCUT2D eigenvalue weighted by Crippen LogP contribution is -2.45. The number of ether oxygens (including phenoxy) is 1. The summed E-state index contributed by atoms with van der Waals surface area (Å²) in [5.41, 5.74) is 0.699. The molecule has 0 aliphatic rings. The Morgan fingerprint density at radius 1 is 1.23 bits per heavy atom. The molecule has 0 spiro atoms.